The molecule has 2 fully saturated rings. The lowest BCUT2D eigenvalue weighted by atomic mass is 9.86. The van der Waals surface area contributed by atoms with Crippen molar-refractivity contribution in [2.24, 2.45) is 11.8 Å². The molecule has 2 aliphatic heterocycles. The normalized spacial score (nSPS) is 24.4. The molecular weight excluding hydrogens is 460 g/mol. The molecular formula is C27H34N4O5. The summed E-state index contributed by atoms with van der Waals surface area (Å²) in [6, 6.07) is 5.62. The molecule has 192 valence electrons. The fraction of sp³-hybridized carbons (Fsp3) is 0.556. The van der Waals surface area contributed by atoms with Crippen molar-refractivity contribution in [1.29, 1.82) is 0 Å². The van der Waals surface area contributed by atoms with E-state index in [4.69, 9.17) is 9.15 Å². The first-order valence-electron chi connectivity index (χ1n) is 12.9. The number of ether oxygens (including phenoxy) is 1. The average Bonchev–Trinajstić information content (AvgIpc) is 3.52. The van der Waals surface area contributed by atoms with Gasteiger partial charge in [0, 0.05) is 20.0 Å². The Bertz CT molecular complexity index is 1120. The highest BCUT2D eigenvalue weighted by molar-refractivity contribution is 6.00. The molecule has 0 spiro atoms. The molecule has 9 nitrogen and oxygen atoms in total. The Balaban J connectivity index is 1.54. The second-order valence-corrected chi connectivity index (χ2v) is 10.1. The van der Waals surface area contributed by atoms with Gasteiger partial charge in [0.05, 0.1) is 13.2 Å². The predicted molar refractivity (Wildman–Crippen MR) is 131 cm³/mol. The summed E-state index contributed by atoms with van der Waals surface area (Å²) in [7, 11) is 0. The second kappa shape index (κ2) is 10.0. The Kier molecular flexibility index (Phi) is 6.83. The number of benzene rings is 1. The Hall–Kier alpha value is -3.20. The summed E-state index contributed by atoms with van der Waals surface area (Å²) in [5, 5.41) is 3.05. The number of rotatable bonds is 6. The minimum atomic E-state index is -1.04. The third-order valence-corrected chi connectivity index (χ3v) is 7.88. The fourth-order valence-electron chi connectivity index (χ4n) is 5.77. The number of morpholine rings is 1. The van der Waals surface area contributed by atoms with Crippen molar-refractivity contribution in [3.8, 4) is 0 Å². The van der Waals surface area contributed by atoms with Crippen LogP contribution in [0.3, 0.4) is 0 Å². The Morgan fingerprint density at radius 2 is 1.83 bits per heavy atom. The van der Waals surface area contributed by atoms with Crippen LogP contribution in [0.2, 0.25) is 0 Å². The van der Waals surface area contributed by atoms with Crippen molar-refractivity contribution in [3.63, 3.8) is 0 Å². The lowest BCUT2D eigenvalue weighted by molar-refractivity contribution is -0.163. The zero-order valence-electron chi connectivity index (χ0n) is 21.1. The van der Waals surface area contributed by atoms with E-state index in [-0.39, 0.29) is 29.6 Å². The van der Waals surface area contributed by atoms with E-state index in [1.807, 2.05) is 26.0 Å². The van der Waals surface area contributed by atoms with Gasteiger partial charge in [0.25, 0.3) is 5.91 Å². The summed E-state index contributed by atoms with van der Waals surface area (Å²) in [6.07, 6.45) is 3.53. The molecule has 1 N–H and O–H groups in total. The number of nitrogens with zero attached hydrogens (tertiary/aromatic N) is 3. The van der Waals surface area contributed by atoms with Crippen LogP contribution < -0.4 is 5.32 Å². The van der Waals surface area contributed by atoms with Gasteiger partial charge in [-0.05, 0) is 35.8 Å². The number of fused-ring (bicyclic) bond motifs is 1. The topological polar surface area (TPSA) is 105 Å². The molecule has 9 heteroatoms. The molecule has 1 aromatic heterocycles. The molecule has 1 aliphatic carbocycles. The zero-order valence-corrected chi connectivity index (χ0v) is 21.1. The molecule has 5 rings (SSSR count). The van der Waals surface area contributed by atoms with Crippen LogP contribution in [0.5, 0.6) is 0 Å². The van der Waals surface area contributed by atoms with E-state index in [2.05, 4.69) is 22.4 Å². The largest absolute Gasteiger partial charge is 0.449 e. The highest BCUT2D eigenvalue weighted by Crippen LogP contribution is 2.36. The van der Waals surface area contributed by atoms with Gasteiger partial charge in [0.1, 0.15) is 24.0 Å². The van der Waals surface area contributed by atoms with Crippen LogP contribution in [-0.4, -0.2) is 70.9 Å². The summed E-state index contributed by atoms with van der Waals surface area (Å²) in [5.41, 5.74) is 2.76. The minimum Gasteiger partial charge on any atom is -0.449 e. The minimum absolute atomic E-state index is 0.0718. The van der Waals surface area contributed by atoms with E-state index < -0.39 is 18.1 Å². The number of amides is 3. The lowest BCUT2D eigenvalue weighted by Crippen LogP contribution is -2.68. The monoisotopic (exact) mass is 494 g/mol. The molecule has 1 aromatic carbocycles. The SMILES string of the molecule is CC[C@H](C)[C@@H]1C(=O)NC(C2Cc3ccccc3C2)C(=O)N1C(C(=O)N1CCOCC1)c1coc(C)n1. The maximum atomic E-state index is 14.3. The average molecular weight is 495 g/mol. The third-order valence-electron chi connectivity index (χ3n) is 7.88. The van der Waals surface area contributed by atoms with Gasteiger partial charge >= 0.3 is 0 Å². The number of aryl methyl sites for hydroxylation is 1. The smallest absolute Gasteiger partial charge is 0.251 e. The summed E-state index contributed by atoms with van der Waals surface area (Å²) >= 11 is 0. The molecule has 0 bridgehead atoms. The van der Waals surface area contributed by atoms with Crippen molar-refractivity contribution in [2.75, 3.05) is 26.3 Å². The highest BCUT2D eigenvalue weighted by atomic mass is 16.5. The number of aromatic nitrogens is 1. The molecule has 36 heavy (non-hydrogen) atoms. The third kappa shape index (κ3) is 4.40. The molecule has 2 unspecified atom stereocenters. The number of piperazine rings is 1. The lowest BCUT2D eigenvalue weighted by Gasteiger charge is -2.46. The number of hydrogen-bond acceptors (Lipinski definition) is 6. The van der Waals surface area contributed by atoms with Crippen molar-refractivity contribution < 1.29 is 23.5 Å². The molecule has 2 aromatic rings. The van der Waals surface area contributed by atoms with Crippen molar-refractivity contribution in [2.45, 2.75) is 58.2 Å². The van der Waals surface area contributed by atoms with Gasteiger partial charge in [-0.1, -0.05) is 44.5 Å². The van der Waals surface area contributed by atoms with Crippen LogP contribution in [0.4, 0.5) is 0 Å². The van der Waals surface area contributed by atoms with Gasteiger partial charge in [-0.25, -0.2) is 4.98 Å². The Morgan fingerprint density at radius 3 is 2.42 bits per heavy atom. The number of oxazole rings is 1. The van der Waals surface area contributed by atoms with Gasteiger partial charge in [0.15, 0.2) is 11.9 Å². The van der Waals surface area contributed by atoms with Gasteiger partial charge in [-0.3, -0.25) is 14.4 Å². The van der Waals surface area contributed by atoms with Crippen LogP contribution in [-0.2, 0) is 32.0 Å². The molecule has 0 radical (unpaired) electrons. The molecule has 2 saturated heterocycles. The molecule has 3 heterocycles. The van der Waals surface area contributed by atoms with E-state index in [9.17, 15) is 14.4 Å². The second-order valence-electron chi connectivity index (χ2n) is 10.1. The fourth-order valence-corrected chi connectivity index (χ4v) is 5.77. The van der Waals surface area contributed by atoms with E-state index in [0.717, 1.165) is 0 Å². The van der Waals surface area contributed by atoms with Crippen molar-refractivity contribution in [3.05, 3.63) is 53.2 Å². The quantitative estimate of drug-likeness (QED) is 0.659. The number of carbonyl (C=O) groups is 3. The zero-order chi connectivity index (χ0) is 25.4. The number of carbonyl (C=O) groups excluding carboxylic acids is 3. The van der Waals surface area contributed by atoms with Crippen LogP contribution in [0.25, 0.3) is 0 Å². The molecule has 3 aliphatic rings. The van der Waals surface area contributed by atoms with E-state index in [1.54, 1.807) is 11.8 Å². The van der Waals surface area contributed by atoms with Gasteiger partial charge in [-0.15, -0.1) is 0 Å². The number of hydrogen-bond donors (Lipinski definition) is 1. The first-order valence-corrected chi connectivity index (χ1v) is 12.9. The Morgan fingerprint density at radius 1 is 1.17 bits per heavy atom. The predicted octanol–water partition coefficient (Wildman–Crippen LogP) is 2.04. The summed E-state index contributed by atoms with van der Waals surface area (Å²) in [4.78, 5) is 49.6. The molecule has 4 atom stereocenters. The summed E-state index contributed by atoms with van der Waals surface area (Å²) in [6.45, 7) is 7.35. The van der Waals surface area contributed by atoms with Crippen molar-refractivity contribution >= 4 is 17.7 Å². The Labute approximate surface area is 211 Å². The first kappa shape index (κ1) is 24.5. The van der Waals surface area contributed by atoms with Gasteiger partial charge < -0.3 is 24.3 Å². The van der Waals surface area contributed by atoms with Crippen LogP contribution in [0.15, 0.2) is 34.9 Å². The molecule has 0 saturated carbocycles. The summed E-state index contributed by atoms with van der Waals surface area (Å²) in [5.74, 6) is -0.520. The first-order chi connectivity index (χ1) is 17.4. The maximum absolute atomic E-state index is 14.3. The van der Waals surface area contributed by atoms with Crippen LogP contribution >= 0.6 is 0 Å². The standard InChI is InChI=1S/C27H34N4O5/c1-4-16(2)23-25(32)29-22(20-13-18-7-5-6-8-19(18)14-20)26(33)31(23)24(21-15-36-17(3)28-21)27(34)30-9-11-35-12-10-30/h5-8,15-16,20,22-24H,4,9-14H2,1-3H3,(H,29,32)/t16-,22?,23+,24?/m0/s1. The van der Waals surface area contributed by atoms with Gasteiger partial charge in [0.2, 0.25) is 11.8 Å². The maximum Gasteiger partial charge on any atom is 0.251 e. The van der Waals surface area contributed by atoms with E-state index in [1.165, 1.54) is 22.3 Å². The van der Waals surface area contributed by atoms with E-state index in [0.29, 0.717) is 57.2 Å². The highest BCUT2D eigenvalue weighted by Gasteiger charge is 2.52. The van der Waals surface area contributed by atoms with Gasteiger partial charge in [-0.2, -0.15) is 0 Å². The van der Waals surface area contributed by atoms with Crippen LogP contribution in [0, 0.1) is 18.8 Å². The number of nitrogens with one attached hydrogen (secondary N) is 1. The van der Waals surface area contributed by atoms with E-state index >= 15 is 0 Å². The van der Waals surface area contributed by atoms with Crippen LogP contribution in [0.1, 0.15) is 49.0 Å². The van der Waals surface area contributed by atoms with Crippen molar-refractivity contribution in [1.82, 2.24) is 20.1 Å². The summed E-state index contributed by atoms with van der Waals surface area (Å²) < 4.78 is 10.9. The molecule has 3 amide bonds.